The number of rotatable bonds is 7. The van der Waals surface area contributed by atoms with Gasteiger partial charge in [-0.1, -0.05) is 52.9 Å². The molecule has 1 aromatic heterocycles. The summed E-state index contributed by atoms with van der Waals surface area (Å²) in [5, 5.41) is 22.6. The normalized spacial score (nSPS) is 12.1. The number of aliphatic hydroxyl groups is 1. The lowest BCUT2D eigenvalue weighted by atomic mass is 10.1. The second-order valence-electron chi connectivity index (χ2n) is 3.92. The van der Waals surface area contributed by atoms with Crippen LogP contribution < -0.4 is 5.32 Å². The van der Waals surface area contributed by atoms with Crippen molar-refractivity contribution in [2.24, 2.45) is 0 Å². The van der Waals surface area contributed by atoms with Gasteiger partial charge in [0, 0.05) is 17.3 Å². The molecular formula is C13H14ClN3OS2. The van der Waals surface area contributed by atoms with Crippen molar-refractivity contribution in [1.29, 1.82) is 0 Å². The Labute approximate surface area is 130 Å². The fourth-order valence-corrected chi connectivity index (χ4v) is 3.41. The molecule has 1 atom stereocenters. The first-order chi connectivity index (χ1) is 9.69. The van der Waals surface area contributed by atoms with Gasteiger partial charge in [0.1, 0.15) is 0 Å². The van der Waals surface area contributed by atoms with E-state index in [1.807, 2.05) is 12.1 Å². The van der Waals surface area contributed by atoms with Gasteiger partial charge in [0.25, 0.3) is 0 Å². The Morgan fingerprint density at radius 1 is 1.50 bits per heavy atom. The number of anilines is 1. The van der Waals surface area contributed by atoms with Crippen LogP contribution in [0.25, 0.3) is 0 Å². The molecule has 0 spiro atoms. The number of thioether (sulfide) groups is 1. The molecule has 0 bridgehead atoms. The summed E-state index contributed by atoms with van der Waals surface area (Å²) in [6.07, 6.45) is 1.18. The molecule has 1 aromatic carbocycles. The average Bonchev–Trinajstić information content (AvgIpc) is 2.90. The Morgan fingerprint density at radius 2 is 2.35 bits per heavy atom. The lowest BCUT2D eigenvalue weighted by Crippen LogP contribution is -2.00. The number of benzene rings is 1. The van der Waals surface area contributed by atoms with Crippen molar-refractivity contribution in [3.05, 3.63) is 47.5 Å². The fourth-order valence-electron chi connectivity index (χ4n) is 1.46. The molecule has 7 heteroatoms. The van der Waals surface area contributed by atoms with E-state index in [1.165, 1.54) is 23.1 Å². The van der Waals surface area contributed by atoms with Crippen molar-refractivity contribution in [2.75, 3.05) is 17.6 Å². The fraction of sp³-hybridized carbons (Fsp3) is 0.231. The second-order valence-corrected chi connectivity index (χ2v) is 6.61. The minimum absolute atomic E-state index is 0.510. The van der Waals surface area contributed by atoms with Crippen LogP contribution in [0, 0.1) is 0 Å². The van der Waals surface area contributed by atoms with Crippen LogP contribution >= 0.6 is 34.7 Å². The van der Waals surface area contributed by atoms with Gasteiger partial charge in [-0.25, -0.2) is 0 Å². The molecule has 0 aliphatic rings. The van der Waals surface area contributed by atoms with E-state index in [1.54, 1.807) is 18.2 Å². The van der Waals surface area contributed by atoms with Crippen LogP contribution in [0.2, 0.25) is 5.02 Å². The maximum Gasteiger partial charge on any atom is 0.206 e. The Kier molecular flexibility index (Phi) is 5.85. The molecule has 20 heavy (non-hydrogen) atoms. The molecule has 2 N–H and O–H groups in total. The smallest absolute Gasteiger partial charge is 0.206 e. The Bertz CT molecular complexity index is 576. The first-order valence-corrected chi connectivity index (χ1v) is 8.11. The van der Waals surface area contributed by atoms with Gasteiger partial charge < -0.3 is 10.4 Å². The molecule has 0 saturated carbocycles. The lowest BCUT2D eigenvalue weighted by Gasteiger charge is -2.09. The van der Waals surface area contributed by atoms with Gasteiger partial charge in [0.2, 0.25) is 5.13 Å². The van der Waals surface area contributed by atoms with E-state index >= 15 is 0 Å². The van der Waals surface area contributed by atoms with E-state index in [4.69, 9.17) is 11.6 Å². The monoisotopic (exact) mass is 327 g/mol. The highest BCUT2D eigenvalue weighted by Crippen LogP contribution is 2.29. The molecule has 0 amide bonds. The average molecular weight is 328 g/mol. The molecule has 1 unspecified atom stereocenters. The SMILES string of the molecule is C=CCNc1nnc(SCC(O)c2cccc(Cl)c2)s1. The summed E-state index contributed by atoms with van der Waals surface area (Å²) < 4.78 is 0.817. The number of hydrogen-bond donors (Lipinski definition) is 2. The zero-order valence-corrected chi connectivity index (χ0v) is 13.0. The van der Waals surface area contributed by atoms with Gasteiger partial charge in [-0.3, -0.25) is 0 Å². The summed E-state index contributed by atoms with van der Waals surface area (Å²) in [7, 11) is 0. The molecule has 2 aromatic rings. The molecule has 4 nitrogen and oxygen atoms in total. The van der Waals surface area contributed by atoms with E-state index in [0.717, 1.165) is 15.0 Å². The summed E-state index contributed by atoms with van der Waals surface area (Å²) >= 11 is 8.83. The zero-order valence-electron chi connectivity index (χ0n) is 10.6. The Morgan fingerprint density at radius 3 is 3.10 bits per heavy atom. The summed E-state index contributed by atoms with van der Waals surface area (Å²) in [5.41, 5.74) is 0.805. The van der Waals surface area contributed by atoms with Crippen molar-refractivity contribution in [3.63, 3.8) is 0 Å². The maximum absolute atomic E-state index is 10.1. The number of aromatic nitrogens is 2. The predicted octanol–water partition coefficient (Wildman–Crippen LogP) is 3.62. The quantitative estimate of drug-likeness (QED) is 0.601. The third-order valence-electron chi connectivity index (χ3n) is 2.40. The van der Waals surface area contributed by atoms with E-state index in [0.29, 0.717) is 17.3 Å². The Balaban J connectivity index is 1.88. The highest BCUT2D eigenvalue weighted by Gasteiger charge is 2.11. The largest absolute Gasteiger partial charge is 0.388 e. The summed E-state index contributed by atoms with van der Waals surface area (Å²) in [6.45, 7) is 4.28. The molecule has 0 aliphatic carbocycles. The predicted molar refractivity (Wildman–Crippen MR) is 85.7 cm³/mol. The highest BCUT2D eigenvalue weighted by molar-refractivity contribution is 8.01. The van der Waals surface area contributed by atoms with Gasteiger partial charge >= 0.3 is 0 Å². The van der Waals surface area contributed by atoms with E-state index in [-0.39, 0.29) is 0 Å². The van der Waals surface area contributed by atoms with Crippen LogP contribution in [0.4, 0.5) is 5.13 Å². The van der Waals surface area contributed by atoms with Crippen LogP contribution in [0.5, 0.6) is 0 Å². The molecule has 106 valence electrons. The van der Waals surface area contributed by atoms with Gasteiger partial charge in [0.15, 0.2) is 4.34 Å². The molecule has 0 saturated heterocycles. The summed E-state index contributed by atoms with van der Waals surface area (Å²) in [6, 6.07) is 7.24. The summed E-state index contributed by atoms with van der Waals surface area (Å²) in [5.74, 6) is 0.510. The van der Waals surface area contributed by atoms with Gasteiger partial charge in [-0.05, 0) is 17.7 Å². The molecule has 1 heterocycles. The number of hydrogen-bond acceptors (Lipinski definition) is 6. The van der Waals surface area contributed by atoms with Gasteiger partial charge in [-0.2, -0.15) is 0 Å². The number of halogens is 1. The van der Waals surface area contributed by atoms with Crippen molar-refractivity contribution in [2.45, 2.75) is 10.4 Å². The third-order valence-corrected chi connectivity index (χ3v) is 4.73. The van der Waals surface area contributed by atoms with Crippen molar-refractivity contribution in [1.82, 2.24) is 10.2 Å². The highest BCUT2D eigenvalue weighted by atomic mass is 35.5. The van der Waals surface area contributed by atoms with Crippen LogP contribution in [0.1, 0.15) is 11.7 Å². The zero-order chi connectivity index (χ0) is 14.4. The van der Waals surface area contributed by atoms with E-state index in [2.05, 4.69) is 22.1 Å². The standard InChI is InChI=1S/C13H14ClN3OS2/c1-2-6-15-12-16-17-13(20-12)19-8-11(18)9-4-3-5-10(14)7-9/h2-5,7,11,18H,1,6,8H2,(H,15,16). The Hall–Kier alpha value is -1.08. The lowest BCUT2D eigenvalue weighted by molar-refractivity contribution is 0.204. The van der Waals surface area contributed by atoms with E-state index < -0.39 is 6.10 Å². The van der Waals surface area contributed by atoms with Gasteiger partial charge in [0.05, 0.1) is 6.10 Å². The van der Waals surface area contributed by atoms with Crippen LogP contribution in [0.15, 0.2) is 41.3 Å². The van der Waals surface area contributed by atoms with Crippen molar-refractivity contribution >= 4 is 39.8 Å². The minimum atomic E-state index is -0.577. The molecule has 0 aliphatic heterocycles. The molecule has 0 fully saturated rings. The number of nitrogens with one attached hydrogen (secondary N) is 1. The van der Waals surface area contributed by atoms with Crippen molar-refractivity contribution in [3.8, 4) is 0 Å². The van der Waals surface area contributed by atoms with Crippen LogP contribution in [0.3, 0.4) is 0 Å². The minimum Gasteiger partial charge on any atom is -0.388 e. The van der Waals surface area contributed by atoms with Crippen LogP contribution in [-0.4, -0.2) is 27.6 Å². The van der Waals surface area contributed by atoms with Crippen molar-refractivity contribution < 1.29 is 5.11 Å². The first-order valence-electron chi connectivity index (χ1n) is 5.93. The maximum atomic E-state index is 10.1. The topological polar surface area (TPSA) is 58.0 Å². The third kappa shape index (κ3) is 4.49. The number of nitrogens with zero attached hydrogens (tertiary/aromatic N) is 2. The number of aliphatic hydroxyl groups excluding tert-OH is 1. The van der Waals surface area contributed by atoms with E-state index in [9.17, 15) is 5.11 Å². The van der Waals surface area contributed by atoms with Gasteiger partial charge in [-0.15, -0.1) is 16.8 Å². The molecular weight excluding hydrogens is 314 g/mol. The molecule has 2 rings (SSSR count). The first kappa shape index (κ1) is 15.3. The van der Waals surface area contributed by atoms with Crippen LogP contribution in [-0.2, 0) is 0 Å². The summed E-state index contributed by atoms with van der Waals surface area (Å²) in [4.78, 5) is 0. The second kappa shape index (κ2) is 7.64. The molecule has 0 radical (unpaired) electrons.